The van der Waals surface area contributed by atoms with Gasteiger partial charge in [-0.25, -0.2) is 4.39 Å². The van der Waals surface area contributed by atoms with Crippen molar-refractivity contribution in [3.63, 3.8) is 0 Å². The van der Waals surface area contributed by atoms with Gasteiger partial charge in [-0.15, -0.1) is 0 Å². The Morgan fingerprint density at radius 3 is 2.06 bits per heavy atom. The molecule has 0 radical (unpaired) electrons. The van der Waals surface area contributed by atoms with E-state index < -0.39 is 35.5 Å². The van der Waals surface area contributed by atoms with Gasteiger partial charge in [-0.1, -0.05) is 0 Å². The van der Waals surface area contributed by atoms with Gasteiger partial charge in [0.1, 0.15) is 11.9 Å². The quantitative estimate of drug-likeness (QED) is 0.701. The molecule has 3 heterocycles. The van der Waals surface area contributed by atoms with E-state index >= 15 is 4.39 Å². The Balaban J connectivity index is 1.66. The fraction of sp³-hybridized carbons (Fsp3) is 0.565. The van der Waals surface area contributed by atoms with Crippen molar-refractivity contribution < 1.29 is 23.6 Å². The Bertz CT molecular complexity index is 1010. The lowest BCUT2D eigenvalue weighted by Gasteiger charge is -2.50. The zero-order chi connectivity index (χ0) is 23.5. The number of benzene rings is 1. The maximum absolute atomic E-state index is 15.2. The van der Waals surface area contributed by atoms with E-state index in [0.717, 1.165) is 24.1 Å². The standard InChI is InChI=1S/C23H29FN4O4/c1-12-10-26(23(3,4)5)11-13(2)27(12)18-9-15-14(8-16(18)24)21(31)28(22(15)32)17-6-7-19(29)25-20(17)30/h8-9,12-13,17H,6-7,10-11H2,1-5H3,(H,25,29,30)/t12?,13?,17-/m1/s1. The predicted molar refractivity (Wildman–Crippen MR) is 116 cm³/mol. The molecule has 1 aromatic rings. The maximum atomic E-state index is 15.2. The lowest BCUT2D eigenvalue weighted by Crippen LogP contribution is -2.61. The molecule has 3 atom stereocenters. The summed E-state index contributed by atoms with van der Waals surface area (Å²) in [6.45, 7) is 11.9. The van der Waals surface area contributed by atoms with Crippen LogP contribution in [0.25, 0.3) is 0 Å². The fourth-order valence-corrected chi connectivity index (χ4v) is 5.02. The summed E-state index contributed by atoms with van der Waals surface area (Å²) in [6, 6.07) is 1.45. The topological polar surface area (TPSA) is 90.0 Å². The van der Waals surface area contributed by atoms with Gasteiger partial charge in [-0.2, -0.15) is 0 Å². The Morgan fingerprint density at radius 2 is 1.53 bits per heavy atom. The highest BCUT2D eigenvalue weighted by Gasteiger charge is 2.46. The number of anilines is 1. The Hall–Kier alpha value is -2.81. The first-order valence-corrected chi connectivity index (χ1v) is 11.0. The van der Waals surface area contributed by atoms with E-state index in [1.807, 2.05) is 18.7 Å². The van der Waals surface area contributed by atoms with Crippen LogP contribution in [0.4, 0.5) is 10.1 Å². The molecule has 8 nitrogen and oxygen atoms in total. The monoisotopic (exact) mass is 444 g/mol. The predicted octanol–water partition coefficient (Wildman–Crippen LogP) is 1.92. The SMILES string of the molecule is CC1CN(C(C)(C)C)CC(C)N1c1cc2c(cc1F)C(=O)N([C@@H]1CCC(=O)NC1=O)C2=O. The van der Waals surface area contributed by atoms with Gasteiger partial charge in [-0.05, 0) is 53.2 Å². The molecule has 0 saturated carbocycles. The molecule has 9 heteroatoms. The van der Waals surface area contributed by atoms with Gasteiger partial charge in [-0.3, -0.25) is 34.3 Å². The highest BCUT2D eigenvalue weighted by molar-refractivity contribution is 6.23. The third-order valence-electron chi connectivity index (χ3n) is 6.65. The number of hydrogen-bond acceptors (Lipinski definition) is 6. The minimum Gasteiger partial charge on any atom is -0.361 e. The maximum Gasteiger partial charge on any atom is 0.262 e. The van der Waals surface area contributed by atoms with Crippen molar-refractivity contribution in [2.45, 2.75) is 71.1 Å². The molecule has 0 spiro atoms. The van der Waals surface area contributed by atoms with Crippen molar-refractivity contribution in [1.82, 2.24) is 15.1 Å². The van der Waals surface area contributed by atoms with Gasteiger partial charge in [0, 0.05) is 37.1 Å². The number of nitrogens with zero attached hydrogens (tertiary/aromatic N) is 3. The molecule has 4 amide bonds. The zero-order valence-electron chi connectivity index (χ0n) is 19.1. The molecule has 0 bridgehead atoms. The molecular formula is C23H29FN4O4. The number of piperidine rings is 1. The minimum absolute atomic E-state index is 0.0102. The molecule has 1 N–H and O–H groups in total. The molecule has 2 fully saturated rings. The highest BCUT2D eigenvalue weighted by atomic mass is 19.1. The molecule has 32 heavy (non-hydrogen) atoms. The van der Waals surface area contributed by atoms with Gasteiger partial charge in [0.15, 0.2) is 0 Å². The summed E-state index contributed by atoms with van der Waals surface area (Å²) in [7, 11) is 0. The second-order valence-corrected chi connectivity index (χ2v) is 9.98. The number of carbonyl (C=O) groups is 4. The van der Waals surface area contributed by atoms with Crippen molar-refractivity contribution >= 4 is 29.3 Å². The molecule has 0 aromatic heterocycles. The van der Waals surface area contributed by atoms with Gasteiger partial charge in [0.2, 0.25) is 11.8 Å². The number of rotatable bonds is 2. The molecule has 2 saturated heterocycles. The number of hydrogen-bond donors (Lipinski definition) is 1. The summed E-state index contributed by atoms with van der Waals surface area (Å²) >= 11 is 0. The lowest BCUT2D eigenvalue weighted by molar-refractivity contribution is -0.136. The number of carbonyl (C=O) groups excluding carboxylic acids is 4. The lowest BCUT2D eigenvalue weighted by atomic mass is 9.98. The molecule has 1 aromatic carbocycles. The Labute approximate surface area is 186 Å². The summed E-state index contributed by atoms with van der Waals surface area (Å²) in [5.74, 6) is -3.03. The van der Waals surface area contributed by atoms with Crippen molar-refractivity contribution in [3.05, 3.63) is 29.1 Å². The summed E-state index contributed by atoms with van der Waals surface area (Å²) in [5, 5.41) is 2.17. The number of amides is 4. The first kappa shape index (κ1) is 22.4. The number of nitrogens with one attached hydrogen (secondary N) is 1. The highest BCUT2D eigenvalue weighted by Crippen LogP contribution is 2.35. The second kappa shape index (κ2) is 7.65. The second-order valence-electron chi connectivity index (χ2n) is 9.98. The van der Waals surface area contributed by atoms with E-state index in [0.29, 0.717) is 0 Å². The third-order valence-corrected chi connectivity index (χ3v) is 6.65. The number of fused-ring (bicyclic) bond motifs is 1. The number of piperazine rings is 1. The van der Waals surface area contributed by atoms with Crippen LogP contribution < -0.4 is 10.2 Å². The Kier molecular flexibility index (Phi) is 5.35. The summed E-state index contributed by atoms with van der Waals surface area (Å²) in [4.78, 5) is 54.9. The van der Waals surface area contributed by atoms with E-state index in [4.69, 9.17) is 0 Å². The average Bonchev–Trinajstić information content (AvgIpc) is 2.91. The molecule has 172 valence electrons. The Morgan fingerprint density at radius 1 is 0.969 bits per heavy atom. The third kappa shape index (κ3) is 3.58. The molecule has 3 aliphatic heterocycles. The smallest absolute Gasteiger partial charge is 0.262 e. The summed E-state index contributed by atoms with van der Waals surface area (Å²) < 4.78 is 15.2. The summed E-state index contributed by atoms with van der Waals surface area (Å²) in [5.41, 5.74) is 0.308. The number of imide groups is 2. The average molecular weight is 445 g/mol. The molecule has 2 unspecified atom stereocenters. The largest absolute Gasteiger partial charge is 0.361 e. The zero-order valence-corrected chi connectivity index (χ0v) is 19.1. The van der Waals surface area contributed by atoms with E-state index in [1.165, 1.54) is 6.07 Å². The van der Waals surface area contributed by atoms with Crippen LogP contribution in [-0.2, 0) is 9.59 Å². The molecular weight excluding hydrogens is 415 g/mol. The van der Waals surface area contributed by atoms with Crippen LogP contribution in [-0.4, -0.2) is 70.2 Å². The van der Waals surface area contributed by atoms with Gasteiger partial charge in [0.05, 0.1) is 16.8 Å². The van der Waals surface area contributed by atoms with E-state index in [2.05, 4.69) is 31.0 Å². The van der Waals surface area contributed by atoms with Crippen molar-refractivity contribution in [3.8, 4) is 0 Å². The van der Waals surface area contributed by atoms with Crippen LogP contribution in [0, 0.1) is 5.82 Å². The van der Waals surface area contributed by atoms with Gasteiger partial charge in [0.25, 0.3) is 11.8 Å². The summed E-state index contributed by atoms with van der Waals surface area (Å²) in [6.07, 6.45) is 0.102. The van der Waals surface area contributed by atoms with Gasteiger partial charge < -0.3 is 4.90 Å². The molecule has 0 aliphatic carbocycles. The van der Waals surface area contributed by atoms with Crippen LogP contribution in [0.2, 0.25) is 0 Å². The minimum atomic E-state index is -1.07. The van der Waals surface area contributed by atoms with Crippen LogP contribution >= 0.6 is 0 Å². The first-order chi connectivity index (χ1) is 14.9. The van der Waals surface area contributed by atoms with E-state index in [-0.39, 0.29) is 47.3 Å². The fourth-order valence-electron chi connectivity index (χ4n) is 5.02. The van der Waals surface area contributed by atoms with E-state index in [1.54, 1.807) is 0 Å². The van der Waals surface area contributed by atoms with Crippen molar-refractivity contribution in [1.29, 1.82) is 0 Å². The van der Waals surface area contributed by atoms with Crippen molar-refractivity contribution in [2.75, 3.05) is 18.0 Å². The first-order valence-electron chi connectivity index (χ1n) is 11.0. The van der Waals surface area contributed by atoms with Crippen LogP contribution in [0.3, 0.4) is 0 Å². The molecule has 4 rings (SSSR count). The molecule has 3 aliphatic rings. The van der Waals surface area contributed by atoms with Crippen LogP contribution in [0.5, 0.6) is 0 Å². The van der Waals surface area contributed by atoms with Crippen molar-refractivity contribution in [2.24, 2.45) is 0 Å². The van der Waals surface area contributed by atoms with Gasteiger partial charge >= 0.3 is 0 Å². The van der Waals surface area contributed by atoms with Crippen LogP contribution in [0.1, 0.15) is 68.2 Å². The van der Waals surface area contributed by atoms with E-state index in [9.17, 15) is 19.2 Å². The normalized spacial score (nSPS) is 27.1. The number of halogens is 1. The van der Waals surface area contributed by atoms with Crippen LogP contribution in [0.15, 0.2) is 12.1 Å².